The molecule has 0 aliphatic carbocycles. The van der Waals surface area contributed by atoms with Crippen molar-refractivity contribution < 1.29 is 35.4 Å². The van der Waals surface area contributed by atoms with Crippen molar-refractivity contribution in [2.45, 2.75) is 30.8 Å². The fourth-order valence-electron chi connectivity index (χ4n) is 0.837. The molecule has 0 aliphatic rings. The van der Waals surface area contributed by atoms with Crippen LogP contribution < -0.4 is 0 Å². The highest BCUT2D eigenvalue weighted by Crippen LogP contribution is 2.18. The van der Waals surface area contributed by atoms with Crippen molar-refractivity contribution in [2.24, 2.45) is 0 Å². The smallest absolute Gasteiger partial charge is 0.335 e. The summed E-state index contributed by atoms with van der Waals surface area (Å²) in [5, 5.41) is 53.2. The van der Waals surface area contributed by atoms with Gasteiger partial charge in [0.15, 0.2) is 6.10 Å². The van der Waals surface area contributed by atoms with Gasteiger partial charge in [-0.1, -0.05) is 0 Å². The van der Waals surface area contributed by atoms with E-state index in [9.17, 15) is 9.90 Å². The van der Waals surface area contributed by atoms with Crippen LogP contribution in [0, 0.1) is 0 Å². The number of aliphatic hydroxyl groups excluding tert-OH is 4. The largest absolute Gasteiger partial charge is 0.479 e. The zero-order chi connectivity index (χ0) is 11.5. The minimum atomic E-state index is -2.30. The summed E-state index contributed by atoms with van der Waals surface area (Å²) in [6, 6.07) is 0. The molecule has 7 heteroatoms. The van der Waals surface area contributed by atoms with E-state index in [2.05, 4.69) is 0 Å². The lowest BCUT2D eigenvalue weighted by Gasteiger charge is -2.33. The lowest BCUT2D eigenvalue weighted by atomic mass is 9.89. The average Bonchev–Trinajstić information content (AvgIpc) is 2.13. The van der Waals surface area contributed by atoms with Crippen LogP contribution in [0.1, 0.15) is 6.92 Å². The van der Waals surface area contributed by atoms with Gasteiger partial charge in [-0.2, -0.15) is 0 Å². The molecule has 0 amide bonds. The second-order valence-corrected chi connectivity index (χ2v) is 3.15. The zero-order valence-corrected chi connectivity index (χ0v) is 7.53. The van der Waals surface area contributed by atoms with Gasteiger partial charge in [-0.3, -0.25) is 0 Å². The van der Waals surface area contributed by atoms with Crippen molar-refractivity contribution in [1.29, 1.82) is 0 Å². The predicted molar refractivity (Wildman–Crippen MR) is 43.4 cm³/mol. The van der Waals surface area contributed by atoms with Gasteiger partial charge < -0.3 is 30.6 Å². The molecule has 4 unspecified atom stereocenters. The van der Waals surface area contributed by atoms with Crippen LogP contribution in [0.25, 0.3) is 0 Å². The monoisotopic (exact) mass is 210 g/mol. The normalized spacial score (nSPS) is 22.1. The van der Waals surface area contributed by atoms with Crippen molar-refractivity contribution in [2.75, 3.05) is 6.61 Å². The number of hydrogen-bond acceptors (Lipinski definition) is 6. The van der Waals surface area contributed by atoms with Gasteiger partial charge in [0.05, 0.1) is 6.61 Å². The molecule has 6 N–H and O–H groups in total. The summed E-state index contributed by atoms with van der Waals surface area (Å²) in [5.74, 6) is -1.73. The Hall–Kier alpha value is -0.730. The lowest BCUT2D eigenvalue weighted by Crippen LogP contribution is -2.57. The van der Waals surface area contributed by atoms with Gasteiger partial charge in [-0.15, -0.1) is 0 Å². The minimum absolute atomic E-state index is 0.865. The summed E-state index contributed by atoms with van der Waals surface area (Å²) in [5.41, 5.74) is -2.30. The maximum Gasteiger partial charge on any atom is 0.335 e. The van der Waals surface area contributed by atoms with E-state index in [1.807, 2.05) is 0 Å². The number of carboxylic acid groups (broad SMARTS) is 1. The summed E-state index contributed by atoms with van der Waals surface area (Å²) in [4.78, 5) is 10.2. The minimum Gasteiger partial charge on any atom is -0.479 e. The van der Waals surface area contributed by atoms with Gasteiger partial charge in [0.1, 0.15) is 17.8 Å². The first-order valence-electron chi connectivity index (χ1n) is 3.85. The quantitative estimate of drug-likeness (QED) is 0.282. The summed E-state index contributed by atoms with van der Waals surface area (Å²) < 4.78 is 0. The van der Waals surface area contributed by atoms with Crippen LogP contribution in [0.4, 0.5) is 0 Å². The Morgan fingerprint density at radius 1 is 1.36 bits per heavy atom. The Labute approximate surface area is 79.9 Å². The highest BCUT2D eigenvalue weighted by atomic mass is 16.4. The van der Waals surface area contributed by atoms with Crippen LogP contribution in [-0.2, 0) is 4.79 Å². The molecule has 0 bridgehead atoms. The van der Waals surface area contributed by atoms with Gasteiger partial charge in [-0.25, -0.2) is 4.79 Å². The maximum atomic E-state index is 10.2. The van der Waals surface area contributed by atoms with Crippen molar-refractivity contribution in [1.82, 2.24) is 0 Å². The average molecular weight is 210 g/mol. The first kappa shape index (κ1) is 13.3. The molecule has 0 aromatic carbocycles. The van der Waals surface area contributed by atoms with Crippen molar-refractivity contribution >= 4 is 5.97 Å². The van der Waals surface area contributed by atoms with E-state index in [1.165, 1.54) is 0 Å². The molecule has 0 aromatic heterocycles. The molecule has 0 rings (SSSR count). The fraction of sp³-hybridized carbons (Fsp3) is 0.857. The van der Waals surface area contributed by atoms with Crippen molar-refractivity contribution in [3.8, 4) is 0 Å². The van der Waals surface area contributed by atoms with Gasteiger partial charge in [0, 0.05) is 0 Å². The molecule has 0 spiro atoms. The number of hydrogen-bond donors (Lipinski definition) is 6. The van der Waals surface area contributed by atoms with Gasteiger partial charge in [-0.05, 0) is 6.92 Å². The second-order valence-electron chi connectivity index (χ2n) is 3.15. The van der Waals surface area contributed by atoms with Crippen LogP contribution in [0.5, 0.6) is 0 Å². The molecule has 14 heavy (non-hydrogen) atoms. The van der Waals surface area contributed by atoms with Crippen LogP contribution in [0.3, 0.4) is 0 Å². The van der Waals surface area contributed by atoms with E-state index < -0.39 is 36.5 Å². The number of rotatable bonds is 5. The Kier molecular flexibility index (Phi) is 4.43. The molecular weight excluding hydrogens is 196 g/mol. The molecule has 0 aliphatic heterocycles. The Morgan fingerprint density at radius 2 is 1.79 bits per heavy atom. The first-order valence-corrected chi connectivity index (χ1v) is 3.85. The number of carbonyl (C=O) groups is 1. The molecule has 7 nitrogen and oxygen atoms in total. The van der Waals surface area contributed by atoms with Gasteiger partial charge in [0.25, 0.3) is 0 Å². The third-order valence-electron chi connectivity index (χ3n) is 2.00. The summed E-state index contributed by atoms with van der Waals surface area (Å²) in [7, 11) is 0. The zero-order valence-electron chi connectivity index (χ0n) is 7.53. The molecule has 0 saturated heterocycles. The van der Waals surface area contributed by atoms with Crippen LogP contribution in [-0.4, -0.2) is 67.1 Å². The number of aliphatic hydroxyl groups is 5. The Balaban J connectivity index is 4.64. The number of carboxylic acids is 1. The van der Waals surface area contributed by atoms with Crippen LogP contribution >= 0.6 is 0 Å². The van der Waals surface area contributed by atoms with E-state index in [0.29, 0.717) is 0 Å². The Morgan fingerprint density at radius 3 is 2.07 bits per heavy atom. The number of aliphatic carboxylic acids is 1. The van der Waals surface area contributed by atoms with E-state index in [1.54, 1.807) is 0 Å². The second kappa shape index (κ2) is 4.67. The SMILES string of the molecule is CC(O)(C(O)CO)C(O)C(O)C(=O)O. The lowest BCUT2D eigenvalue weighted by molar-refractivity contribution is -0.189. The standard InChI is InChI=1S/C7H14O7/c1-7(14,3(9)2-8)5(11)4(10)6(12)13/h3-5,8-11,14H,2H2,1H3,(H,12,13). The van der Waals surface area contributed by atoms with Crippen LogP contribution in [0.15, 0.2) is 0 Å². The van der Waals surface area contributed by atoms with E-state index >= 15 is 0 Å². The summed E-state index contributed by atoms with van der Waals surface area (Å²) in [6.07, 6.45) is -6.07. The third kappa shape index (κ3) is 2.63. The maximum absolute atomic E-state index is 10.2. The molecule has 0 aromatic rings. The fourth-order valence-corrected chi connectivity index (χ4v) is 0.837. The molecule has 4 atom stereocenters. The van der Waals surface area contributed by atoms with Crippen molar-refractivity contribution in [3.05, 3.63) is 0 Å². The van der Waals surface area contributed by atoms with E-state index in [0.717, 1.165) is 6.92 Å². The molecule has 0 saturated carbocycles. The molecular formula is C7H14O7. The molecule has 0 fully saturated rings. The third-order valence-corrected chi connectivity index (χ3v) is 2.00. The molecule has 84 valence electrons. The van der Waals surface area contributed by atoms with Gasteiger partial charge in [0.2, 0.25) is 0 Å². The summed E-state index contributed by atoms with van der Waals surface area (Å²) in [6.45, 7) is 0.0428. The topological polar surface area (TPSA) is 138 Å². The predicted octanol–water partition coefficient (Wildman–Crippen LogP) is -3.10. The molecule has 0 heterocycles. The first-order chi connectivity index (χ1) is 6.25. The van der Waals surface area contributed by atoms with Crippen LogP contribution in [0.2, 0.25) is 0 Å². The van der Waals surface area contributed by atoms with E-state index in [4.69, 9.17) is 25.5 Å². The van der Waals surface area contributed by atoms with Gasteiger partial charge >= 0.3 is 5.97 Å². The summed E-state index contributed by atoms with van der Waals surface area (Å²) >= 11 is 0. The van der Waals surface area contributed by atoms with Crippen molar-refractivity contribution in [3.63, 3.8) is 0 Å². The highest BCUT2D eigenvalue weighted by Gasteiger charge is 2.44. The Bertz CT molecular complexity index is 202. The highest BCUT2D eigenvalue weighted by molar-refractivity contribution is 5.72. The van der Waals surface area contributed by atoms with E-state index in [-0.39, 0.29) is 0 Å². The molecule has 0 radical (unpaired) electrons.